The van der Waals surface area contributed by atoms with Crippen LogP contribution in [0.1, 0.15) is 45.6 Å². The first kappa shape index (κ1) is 18.0. The first-order valence-electron chi connectivity index (χ1n) is 7.91. The van der Waals surface area contributed by atoms with E-state index in [1.807, 2.05) is 6.92 Å². The number of ether oxygens (including phenoxy) is 1. The lowest BCUT2D eigenvalue weighted by Gasteiger charge is -2.30. The van der Waals surface area contributed by atoms with Crippen LogP contribution in [0, 0.1) is 5.82 Å². The summed E-state index contributed by atoms with van der Waals surface area (Å²) in [7, 11) is 0. The SMILES string of the molecule is CCCC(=NOCc1ccc(F)cc1)C1=C(O)CC(C)(C)OC1=O. The average Bonchev–Trinajstić information content (AvgIpc) is 2.47. The summed E-state index contributed by atoms with van der Waals surface area (Å²) in [5.41, 5.74) is 0.450. The molecule has 0 atom stereocenters. The van der Waals surface area contributed by atoms with Crippen LogP contribution in [0.5, 0.6) is 0 Å². The molecule has 1 heterocycles. The van der Waals surface area contributed by atoms with Crippen LogP contribution in [0.4, 0.5) is 4.39 Å². The number of cyclic esters (lactones) is 1. The molecule has 2 rings (SSSR count). The number of hydrogen-bond donors (Lipinski definition) is 1. The van der Waals surface area contributed by atoms with E-state index in [4.69, 9.17) is 9.57 Å². The van der Waals surface area contributed by atoms with Gasteiger partial charge in [-0.2, -0.15) is 0 Å². The molecule has 0 amide bonds. The van der Waals surface area contributed by atoms with Crippen LogP contribution in [0.2, 0.25) is 0 Å². The van der Waals surface area contributed by atoms with E-state index in [1.165, 1.54) is 12.1 Å². The van der Waals surface area contributed by atoms with Gasteiger partial charge in [-0.25, -0.2) is 9.18 Å². The molecule has 0 saturated heterocycles. The van der Waals surface area contributed by atoms with Gasteiger partial charge < -0.3 is 14.7 Å². The highest BCUT2D eigenvalue weighted by Gasteiger charge is 2.36. The van der Waals surface area contributed by atoms with Crippen LogP contribution < -0.4 is 0 Å². The summed E-state index contributed by atoms with van der Waals surface area (Å²) in [6.45, 7) is 5.55. The van der Waals surface area contributed by atoms with Crippen LogP contribution in [0.25, 0.3) is 0 Å². The number of carbonyl (C=O) groups excluding carboxylic acids is 1. The molecular formula is C18H22FNO4. The van der Waals surface area contributed by atoms with Crippen molar-refractivity contribution < 1.29 is 23.9 Å². The second-order valence-corrected chi connectivity index (χ2v) is 6.34. The zero-order valence-corrected chi connectivity index (χ0v) is 14.1. The van der Waals surface area contributed by atoms with Crippen molar-refractivity contribution in [1.82, 2.24) is 0 Å². The number of carbonyl (C=O) groups is 1. The minimum atomic E-state index is -0.739. The Kier molecular flexibility index (Phi) is 5.59. The number of nitrogens with zero attached hydrogens (tertiary/aromatic N) is 1. The Morgan fingerprint density at radius 2 is 2.04 bits per heavy atom. The molecule has 130 valence electrons. The molecule has 1 aromatic carbocycles. The van der Waals surface area contributed by atoms with Gasteiger partial charge in [-0.15, -0.1) is 0 Å². The van der Waals surface area contributed by atoms with Crippen molar-refractivity contribution in [3.8, 4) is 0 Å². The third-order valence-corrected chi connectivity index (χ3v) is 3.55. The molecule has 0 bridgehead atoms. The molecule has 1 aliphatic rings. The van der Waals surface area contributed by atoms with Crippen molar-refractivity contribution in [3.63, 3.8) is 0 Å². The van der Waals surface area contributed by atoms with Crippen molar-refractivity contribution in [2.24, 2.45) is 5.16 Å². The molecule has 1 aliphatic heterocycles. The summed E-state index contributed by atoms with van der Waals surface area (Å²) in [6.07, 6.45) is 1.43. The Labute approximate surface area is 140 Å². The highest BCUT2D eigenvalue weighted by Crippen LogP contribution is 2.29. The van der Waals surface area contributed by atoms with Gasteiger partial charge in [-0.1, -0.05) is 30.6 Å². The number of esters is 1. The van der Waals surface area contributed by atoms with E-state index in [1.54, 1.807) is 26.0 Å². The van der Waals surface area contributed by atoms with Gasteiger partial charge in [0.1, 0.15) is 29.4 Å². The quantitative estimate of drug-likeness (QED) is 0.484. The van der Waals surface area contributed by atoms with Crippen LogP contribution in [-0.2, 0) is 21.0 Å². The Hall–Kier alpha value is -2.37. The van der Waals surface area contributed by atoms with Gasteiger partial charge in [0.2, 0.25) is 0 Å². The first-order chi connectivity index (χ1) is 11.3. The molecule has 5 nitrogen and oxygen atoms in total. The standard InChI is InChI=1S/C18H22FNO4/c1-4-5-14(16-15(21)10-18(2,3)24-17(16)22)20-23-11-12-6-8-13(19)9-7-12/h6-9,21H,4-5,10-11H2,1-3H3. The smallest absolute Gasteiger partial charge is 0.344 e. The van der Waals surface area contributed by atoms with Crippen molar-refractivity contribution in [3.05, 3.63) is 47.0 Å². The molecule has 0 unspecified atom stereocenters. The van der Waals surface area contributed by atoms with E-state index in [-0.39, 0.29) is 30.2 Å². The van der Waals surface area contributed by atoms with Crippen molar-refractivity contribution in [2.75, 3.05) is 0 Å². The molecular weight excluding hydrogens is 313 g/mol. The van der Waals surface area contributed by atoms with Crippen LogP contribution in [-0.4, -0.2) is 22.4 Å². The molecule has 0 radical (unpaired) electrons. The molecule has 0 aromatic heterocycles. The van der Waals surface area contributed by atoms with E-state index >= 15 is 0 Å². The third-order valence-electron chi connectivity index (χ3n) is 3.55. The maximum absolute atomic E-state index is 12.9. The highest BCUT2D eigenvalue weighted by molar-refractivity contribution is 6.20. The van der Waals surface area contributed by atoms with Gasteiger partial charge in [0, 0.05) is 6.42 Å². The zero-order valence-electron chi connectivity index (χ0n) is 14.1. The second kappa shape index (κ2) is 7.47. The Balaban J connectivity index is 2.16. The van der Waals surface area contributed by atoms with Crippen LogP contribution >= 0.6 is 0 Å². The fraction of sp³-hybridized carbons (Fsp3) is 0.444. The summed E-state index contributed by atoms with van der Waals surface area (Å²) in [5, 5.41) is 14.2. The molecule has 24 heavy (non-hydrogen) atoms. The van der Waals surface area contributed by atoms with Gasteiger partial charge in [0.05, 0.1) is 5.71 Å². The minimum Gasteiger partial charge on any atom is -0.511 e. The minimum absolute atomic E-state index is 0.0335. The van der Waals surface area contributed by atoms with E-state index in [0.717, 1.165) is 12.0 Å². The van der Waals surface area contributed by atoms with Gasteiger partial charge in [0.25, 0.3) is 0 Å². The first-order valence-corrected chi connectivity index (χ1v) is 7.91. The second-order valence-electron chi connectivity index (χ2n) is 6.34. The number of benzene rings is 1. The fourth-order valence-corrected chi connectivity index (χ4v) is 2.45. The Bertz CT molecular complexity index is 662. The number of oxime groups is 1. The largest absolute Gasteiger partial charge is 0.511 e. The monoisotopic (exact) mass is 335 g/mol. The molecule has 0 spiro atoms. The number of aliphatic hydroxyl groups excluding tert-OH is 1. The lowest BCUT2D eigenvalue weighted by molar-refractivity contribution is -0.153. The maximum Gasteiger partial charge on any atom is 0.344 e. The maximum atomic E-state index is 12.9. The molecule has 0 aliphatic carbocycles. The van der Waals surface area contributed by atoms with Crippen molar-refractivity contribution in [1.29, 1.82) is 0 Å². The predicted molar refractivity (Wildman–Crippen MR) is 88.0 cm³/mol. The molecule has 1 aromatic rings. The van der Waals surface area contributed by atoms with Crippen molar-refractivity contribution in [2.45, 2.75) is 52.2 Å². The van der Waals surface area contributed by atoms with Crippen LogP contribution in [0.3, 0.4) is 0 Å². The van der Waals surface area contributed by atoms with E-state index in [0.29, 0.717) is 12.1 Å². The number of rotatable bonds is 6. The lowest BCUT2D eigenvalue weighted by atomic mass is 9.94. The average molecular weight is 335 g/mol. The normalized spacial score (nSPS) is 17.7. The zero-order chi connectivity index (χ0) is 17.7. The highest BCUT2D eigenvalue weighted by atomic mass is 19.1. The van der Waals surface area contributed by atoms with Gasteiger partial charge in [-0.3, -0.25) is 0 Å². The number of halogens is 1. The van der Waals surface area contributed by atoms with Gasteiger partial charge in [0.15, 0.2) is 0 Å². The van der Waals surface area contributed by atoms with Gasteiger partial charge in [-0.05, 0) is 38.0 Å². The fourth-order valence-electron chi connectivity index (χ4n) is 2.45. The number of hydrogen-bond acceptors (Lipinski definition) is 5. The molecule has 6 heteroatoms. The Morgan fingerprint density at radius 1 is 1.38 bits per heavy atom. The summed E-state index contributed by atoms with van der Waals surface area (Å²) < 4.78 is 18.2. The van der Waals surface area contributed by atoms with Crippen LogP contribution in [0.15, 0.2) is 40.8 Å². The summed E-state index contributed by atoms with van der Waals surface area (Å²) in [4.78, 5) is 17.5. The predicted octanol–water partition coefficient (Wildman–Crippen LogP) is 4.04. The number of aliphatic hydroxyl groups is 1. The summed E-state index contributed by atoms with van der Waals surface area (Å²) in [6, 6.07) is 5.87. The third kappa shape index (κ3) is 4.57. The van der Waals surface area contributed by atoms with E-state index in [2.05, 4.69) is 5.16 Å². The Morgan fingerprint density at radius 3 is 2.62 bits per heavy atom. The topological polar surface area (TPSA) is 68.1 Å². The van der Waals surface area contributed by atoms with Crippen molar-refractivity contribution >= 4 is 11.7 Å². The molecule has 0 fully saturated rings. The summed E-state index contributed by atoms with van der Waals surface area (Å²) >= 11 is 0. The summed E-state index contributed by atoms with van der Waals surface area (Å²) in [5.74, 6) is -0.952. The van der Waals surface area contributed by atoms with E-state index in [9.17, 15) is 14.3 Å². The van der Waals surface area contributed by atoms with Gasteiger partial charge >= 0.3 is 5.97 Å². The molecule has 0 saturated carbocycles. The molecule has 1 N–H and O–H groups in total. The lowest BCUT2D eigenvalue weighted by Crippen LogP contribution is -2.36. The van der Waals surface area contributed by atoms with E-state index < -0.39 is 11.6 Å².